The minimum absolute atomic E-state index is 0. The Morgan fingerprint density at radius 1 is 1.35 bits per heavy atom. The summed E-state index contributed by atoms with van der Waals surface area (Å²) in [7, 11) is -3.38. The molecule has 11 heteroatoms. The van der Waals surface area contributed by atoms with Gasteiger partial charge < -0.3 is 5.32 Å². The zero-order valence-corrected chi connectivity index (χ0v) is 13.2. The molecule has 114 valence electrons. The molecule has 0 saturated carbocycles. The van der Waals surface area contributed by atoms with Crippen LogP contribution in [0.4, 0.5) is 10.3 Å². The van der Waals surface area contributed by atoms with Crippen LogP contribution in [0.5, 0.6) is 0 Å². The second-order valence-electron chi connectivity index (χ2n) is 4.28. The van der Waals surface area contributed by atoms with Crippen LogP contribution >= 0.6 is 23.7 Å². The molecule has 2 rings (SSSR count). The van der Waals surface area contributed by atoms with Gasteiger partial charge in [0.05, 0.1) is 12.3 Å². The first-order chi connectivity index (χ1) is 8.94. The quantitative estimate of drug-likeness (QED) is 0.731. The van der Waals surface area contributed by atoms with E-state index in [-0.39, 0.29) is 34.6 Å². The summed E-state index contributed by atoms with van der Waals surface area (Å²) in [5.74, 6) is -0.165. The summed E-state index contributed by atoms with van der Waals surface area (Å²) in [6, 6.07) is -0.219. The SMILES string of the molecule is CS(=O)(=O)Nc1nnc(NC(=O)C2CCCCN2)s1.Cl. The Balaban J connectivity index is 0.00000200. The van der Waals surface area contributed by atoms with Crippen molar-refractivity contribution in [3.05, 3.63) is 0 Å². The minimum atomic E-state index is -3.38. The van der Waals surface area contributed by atoms with E-state index in [9.17, 15) is 13.2 Å². The number of aromatic nitrogens is 2. The normalized spacial score (nSPS) is 18.9. The van der Waals surface area contributed by atoms with Gasteiger partial charge in [-0.2, -0.15) is 0 Å². The average molecular weight is 342 g/mol. The molecule has 1 atom stereocenters. The van der Waals surface area contributed by atoms with Gasteiger partial charge in [0, 0.05) is 0 Å². The maximum atomic E-state index is 11.9. The monoisotopic (exact) mass is 341 g/mol. The van der Waals surface area contributed by atoms with Crippen molar-refractivity contribution in [3.63, 3.8) is 0 Å². The summed E-state index contributed by atoms with van der Waals surface area (Å²) in [6.07, 6.45) is 3.91. The number of hydrogen-bond donors (Lipinski definition) is 3. The van der Waals surface area contributed by atoms with Gasteiger partial charge in [0.15, 0.2) is 0 Å². The second kappa shape index (κ2) is 7.16. The topological polar surface area (TPSA) is 113 Å². The molecular formula is C9H16ClN5O3S2. The first-order valence-corrected chi connectivity index (χ1v) is 8.50. The fraction of sp³-hybridized carbons (Fsp3) is 0.667. The number of carbonyl (C=O) groups excluding carboxylic acids is 1. The third-order valence-electron chi connectivity index (χ3n) is 2.55. The van der Waals surface area contributed by atoms with Gasteiger partial charge in [0.1, 0.15) is 0 Å². The van der Waals surface area contributed by atoms with Gasteiger partial charge in [-0.15, -0.1) is 22.6 Å². The third kappa shape index (κ3) is 5.19. The summed E-state index contributed by atoms with van der Waals surface area (Å²) < 4.78 is 24.2. The Bertz CT molecular complexity index is 556. The number of carbonyl (C=O) groups is 1. The zero-order chi connectivity index (χ0) is 13.9. The van der Waals surface area contributed by atoms with Crippen molar-refractivity contribution in [1.82, 2.24) is 15.5 Å². The number of rotatable bonds is 4. The molecule has 20 heavy (non-hydrogen) atoms. The van der Waals surface area contributed by atoms with Gasteiger partial charge in [-0.3, -0.25) is 14.8 Å². The number of sulfonamides is 1. The van der Waals surface area contributed by atoms with Crippen LogP contribution in [0, 0.1) is 0 Å². The molecule has 0 aromatic carbocycles. The Hall–Kier alpha value is -0.970. The number of hydrogen-bond acceptors (Lipinski definition) is 7. The predicted molar refractivity (Wildman–Crippen MR) is 79.9 cm³/mol. The molecule has 1 amide bonds. The molecular weight excluding hydrogens is 326 g/mol. The summed E-state index contributed by atoms with van der Waals surface area (Å²) in [5.41, 5.74) is 0. The summed E-state index contributed by atoms with van der Waals surface area (Å²) in [6.45, 7) is 0.828. The van der Waals surface area contributed by atoms with Crippen molar-refractivity contribution in [2.75, 3.05) is 22.8 Å². The highest BCUT2D eigenvalue weighted by molar-refractivity contribution is 7.92. The van der Waals surface area contributed by atoms with Crippen LogP contribution in [0.3, 0.4) is 0 Å². The molecule has 3 N–H and O–H groups in total. The van der Waals surface area contributed by atoms with E-state index in [1.165, 1.54) is 0 Å². The number of nitrogens with one attached hydrogen (secondary N) is 3. The number of piperidine rings is 1. The van der Waals surface area contributed by atoms with Crippen LogP contribution in [0.1, 0.15) is 19.3 Å². The lowest BCUT2D eigenvalue weighted by Gasteiger charge is -2.21. The highest BCUT2D eigenvalue weighted by atomic mass is 35.5. The van der Waals surface area contributed by atoms with Crippen LogP contribution in [0.2, 0.25) is 0 Å². The fourth-order valence-electron chi connectivity index (χ4n) is 1.74. The Labute approximate surface area is 127 Å². The molecule has 1 aromatic rings. The van der Waals surface area contributed by atoms with Crippen molar-refractivity contribution in [1.29, 1.82) is 0 Å². The molecule has 1 aliphatic heterocycles. The third-order valence-corrected chi connectivity index (χ3v) is 4.00. The van der Waals surface area contributed by atoms with Crippen LogP contribution in [0.25, 0.3) is 0 Å². The maximum absolute atomic E-state index is 11.9. The fourth-order valence-corrected chi connectivity index (χ4v) is 3.22. The van der Waals surface area contributed by atoms with E-state index in [1.807, 2.05) is 0 Å². The van der Waals surface area contributed by atoms with Crippen molar-refractivity contribution in [3.8, 4) is 0 Å². The maximum Gasteiger partial charge on any atom is 0.243 e. The summed E-state index contributed by atoms with van der Waals surface area (Å²) >= 11 is 0.980. The lowest BCUT2D eigenvalue weighted by atomic mass is 10.0. The van der Waals surface area contributed by atoms with Crippen molar-refractivity contribution in [2.24, 2.45) is 0 Å². The lowest BCUT2D eigenvalue weighted by molar-refractivity contribution is -0.118. The molecule has 2 heterocycles. The van der Waals surface area contributed by atoms with E-state index >= 15 is 0 Å². The number of amides is 1. The van der Waals surface area contributed by atoms with Gasteiger partial charge in [0.2, 0.25) is 26.2 Å². The molecule has 1 aromatic heterocycles. The van der Waals surface area contributed by atoms with Crippen LogP contribution in [-0.2, 0) is 14.8 Å². The molecule has 1 unspecified atom stereocenters. The van der Waals surface area contributed by atoms with E-state index in [4.69, 9.17) is 0 Å². The van der Waals surface area contributed by atoms with E-state index in [1.54, 1.807) is 0 Å². The van der Waals surface area contributed by atoms with E-state index in [0.29, 0.717) is 0 Å². The Kier molecular flexibility index (Phi) is 6.11. The Morgan fingerprint density at radius 3 is 2.65 bits per heavy atom. The largest absolute Gasteiger partial charge is 0.306 e. The molecule has 0 spiro atoms. The summed E-state index contributed by atoms with van der Waals surface area (Å²) in [5, 5.41) is 13.5. The second-order valence-corrected chi connectivity index (χ2v) is 7.00. The molecule has 0 radical (unpaired) electrons. The van der Waals surface area contributed by atoms with Crippen LogP contribution in [-0.4, -0.2) is 43.4 Å². The number of anilines is 2. The zero-order valence-electron chi connectivity index (χ0n) is 10.7. The highest BCUT2D eigenvalue weighted by Gasteiger charge is 2.21. The van der Waals surface area contributed by atoms with Gasteiger partial charge in [-0.25, -0.2) is 8.42 Å². The standard InChI is InChI=1S/C9H15N5O3S2.ClH/c1-19(16,17)14-9-13-12-8(18-9)11-7(15)6-4-2-3-5-10-6;/h6,10H,2-5H2,1H3,(H,13,14)(H,11,12,15);1H. The van der Waals surface area contributed by atoms with Crippen molar-refractivity contribution >= 4 is 49.9 Å². The van der Waals surface area contributed by atoms with Gasteiger partial charge in [-0.1, -0.05) is 17.8 Å². The molecule has 8 nitrogen and oxygen atoms in total. The predicted octanol–water partition coefficient (Wildman–Crippen LogP) is 0.412. The van der Waals surface area contributed by atoms with Crippen LogP contribution < -0.4 is 15.4 Å². The molecule has 1 saturated heterocycles. The summed E-state index contributed by atoms with van der Waals surface area (Å²) in [4.78, 5) is 11.9. The molecule has 0 aliphatic carbocycles. The Morgan fingerprint density at radius 2 is 2.05 bits per heavy atom. The number of nitrogens with zero attached hydrogens (tertiary/aromatic N) is 2. The minimum Gasteiger partial charge on any atom is -0.306 e. The lowest BCUT2D eigenvalue weighted by Crippen LogP contribution is -2.43. The molecule has 1 fully saturated rings. The van der Waals surface area contributed by atoms with Crippen molar-refractivity contribution in [2.45, 2.75) is 25.3 Å². The van der Waals surface area contributed by atoms with E-state index < -0.39 is 10.0 Å². The van der Waals surface area contributed by atoms with E-state index in [0.717, 1.165) is 43.4 Å². The first-order valence-electron chi connectivity index (χ1n) is 5.79. The smallest absolute Gasteiger partial charge is 0.243 e. The number of halogens is 1. The molecule has 0 bridgehead atoms. The van der Waals surface area contributed by atoms with Gasteiger partial charge in [0.25, 0.3) is 0 Å². The first kappa shape index (κ1) is 17.1. The highest BCUT2D eigenvalue weighted by Crippen LogP contribution is 2.21. The van der Waals surface area contributed by atoms with E-state index in [2.05, 4.69) is 25.6 Å². The molecule has 1 aliphatic rings. The van der Waals surface area contributed by atoms with Gasteiger partial charge >= 0.3 is 0 Å². The van der Waals surface area contributed by atoms with Gasteiger partial charge in [-0.05, 0) is 19.4 Å². The average Bonchev–Trinajstić information content (AvgIpc) is 2.75. The van der Waals surface area contributed by atoms with Crippen LogP contribution in [0.15, 0.2) is 0 Å². The van der Waals surface area contributed by atoms with Crippen molar-refractivity contribution < 1.29 is 13.2 Å².